The fourth-order valence-electron chi connectivity index (χ4n) is 2.32. The Morgan fingerprint density at radius 3 is 2.71 bits per heavy atom. The summed E-state index contributed by atoms with van der Waals surface area (Å²) in [4.78, 5) is 11.8. The fourth-order valence-corrected chi connectivity index (χ4v) is 2.32. The maximum Gasteiger partial charge on any atom is 0.261 e. The average Bonchev–Trinajstić information content (AvgIpc) is 2.23. The number of amides is 1. The van der Waals surface area contributed by atoms with Crippen molar-refractivity contribution in [1.29, 1.82) is 0 Å². The number of carbonyl (C=O) groups excluding carboxylic acids is 1. The van der Waals surface area contributed by atoms with E-state index in [0.717, 1.165) is 12.8 Å². The van der Waals surface area contributed by atoms with Crippen LogP contribution in [0.25, 0.3) is 0 Å². The summed E-state index contributed by atoms with van der Waals surface area (Å²) in [5, 5.41) is 2.68. The molecule has 1 aliphatic rings. The number of ether oxygens (including phenoxy) is 1. The van der Waals surface area contributed by atoms with Crippen molar-refractivity contribution in [1.82, 2.24) is 5.32 Å². The summed E-state index contributed by atoms with van der Waals surface area (Å²) < 4.78 is 28.2. The van der Waals surface area contributed by atoms with Crippen LogP contribution in [-0.2, 0) is 9.53 Å². The number of nitrogens with one attached hydrogen (secondary N) is 1. The van der Waals surface area contributed by atoms with Gasteiger partial charge in [-0.05, 0) is 18.8 Å². The van der Waals surface area contributed by atoms with E-state index in [-0.39, 0.29) is 19.1 Å². The Kier molecular flexibility index (Phi) is 5.27. The summed E-state index contributed by atoms with van der Waals surface area (Å²) in [6.07, 6.45) is -0.867. The Morgan fingerprint density at radius 1 is 1.59 bits per heavy atom. The van der Waals surface area contributed by atoms with Crippen LogP contribution in [-0.4, -0.2) is 38.6 Å². The van der Waals surface area contributed by atoms with E-state index in [0.29, 0.717) is 12.5 Å². The first-order chi connectivity index (χ1) is 8.00. The molecule has 1 saturated carbocycles. The number of rotatable bonds is 7. The molecule has 0 aromatic carbocycles. The van der Waals surface area contributed by atoms with E-state index in [1.807, 2.05) is 0 Å². The Morgan fingerprint density at radius 2 is 2.24 bits per heavy atom. The van der Waals surface area contributed by atoms with Crippen LogP contribution in [0.4, 0.5) is 8.78 Å². The quantitative estimate of drug-likeness (QED) is 0.656. The minimum atomic E-state index is -2.46. The molecular weight excluding hydrogens is 230 g/mol. The Balaban J connectivity index is 2.16. The first kappa shape index (κ1) is 14.3. The first-order valence-electron chi connectivity index (χ1n) is 5.84. The molecule has 1 fully saturated rings. The van der Waals surface area contributed by atoms with Crippen molar-refractivity contribution in [3.05, 3.63) is 0 Å². The van der Waals surface area contributed by atoms with E-state index in [9.17, 15) is 13.6 Å². The lowest BCUT2D eigenvalue weighted by atomic mass is 9.62. The van der Waals surface area contributed by atoms with Crippen molar-refractivity contribution in [2.45, 2.75) is 26.2 Å². The molecule has 0 atom stereocenters. The zero-order valence-corrected chi connectivity index (χ0v) is 10.0. The van der Waals surface area contributed by atoms with Gasteiger partial charge in [-0.3, -0.25) is 4.79 Å². The smallest absolute Gasteiger partial charge is 0.261 e. The number of alkyl halides is 2. The Bertz CT molecular complexity index is 256. The minimum Gasteiger partial charge on any atom is -0.374 e. The Labute approximate surface area is 99.9 Å². The van der Waals surface area contributed by atoms with Gasteiger partial charge in [0, 0.05) is 13.1 Å². The van der Waals surface area contributed by atoms with Gasteiger partial charge in [0.1, 0.15) is 6.61 Å². The molecule has 1 aliphatic carbocycles. The summed E-state index contributed by atoms with van der Waals surface area (Å²) in [6.45, 7) is 2.18. The van der Waals surface area contributed by atoms with Crippen LogP contribution in [0, 0.1) is 11.3 Å². The van der Waals surface area contributed by atoms with Gasteiger partial charge in [0.2, 0.25) is 5.91 Å². The lowest BCUT2D eigenvalue weighted by molar-refractivity contribution is -0.138. The lowest BCUT2D eigenvalue weighted by Gasteiger charge is -2.44. The van der Waals surface area contributed by atoms with Crippen LogP contribution in [0.3, 0.4) is 0 Å². The third-order valence-corrected chi connectivity index (χ3v) is 3.13. The summed E-state index contributed by atoms with van der Waals surface area (Å²) >= 11 is 0. The standard InChI is InChI=1S/C11H20F2N2O2/c1-8-4-11(5-8,7-14)10(16)15-2-3-17-6-9(12)13/h8-9H,2-7,14H2,1H3,(H,15,16). The molecule has 0 radical (unpaired) electrons. The summed E-state index contributed by atoms with van der Waals surface area (Å²) in [7, 11) is 0. The molecular formula is C11H20F2N2O2. The highest BCUT2D eigenvalue weighted by molar-refractivity contribution is 5.83. The first-order valence-corrected chi connectivity index (χ1v) is 5.84. The van der Waals surface area contributed by atoms with Crippen LogP contribution < -0.4 is 11.1 Å². The predicted molar refractivity (Wildman–Crippen MR) is 59.7 cm³/mol. The van der Waals surface area contributed by atoms with E-state index in [1.54, 1.807) is 0 Å². The number of carbonyl (C=O) groups is 1. The molecule has 0 spiro atoms. The SMILES string of the molecule is CC1CC(CN)(C(=O)NCCOCC(F)F)C1. The molecule has 0 unspecified atom stereocenters. The second kappa shape index (κ2) is 6.26. The van der Waals surface area contributed by atoms with Crippen LogP contribution >= 0.6 is 0 Å². The largest absolute Gasteiger partial charge is 0.374 e. The third-order valence-electron chi connectivity index (χ3n) is 3.13. The molecule has 0 aromatic heterocycles. The monoisotopic (exact) mass is 250 g/mol. The van der Waals surface area contributed by atoms with E-state index in [2.05, 4.69) is 17.0 Å². The molecule has 0 heterocycles. The van der Waals surface area contributed by atoms with Gasteiger partial charge in [0.05, 0.1) is 12.0 Å². The normalized spacial score (nSPS) is 27.9. The summed E-state index contributed by atoms with van der Waals surface area (Å²) in [5.74, 6) is 0.443. The molecule has 0 aliphatic heterocycles. The van der Waals surface area contributed by atoms with Crippen molar-refractivity contribution in [2.24, 2.45) is 17.1 Å². The summed E-state index contributed by atoms with van der Waals surface area (Å²) in [5.41, 5.74) is 5.17. The fraction of sp³-hybridized carbons (Fsp3) is 0.909. The van der Waals surface area contributed by atoms with Crippen molar-refractivity contribution in [3.8, 4) is 0 Å². The summed E-state index contributed by atoms with van der Waals surface area (Å²) in [6, 6.07) is 0. The average molecular weight is 250 g/mol. The molecule has 0 aromatic rings. The highest BCUT2D eigenvalue weighted by Crippen LogP contribution is 2.44. The van der Waals surface area contributed by atoms with Gasteiger partial charge in [-0.1, -0.05) is 6.92 Å². The third kappa shape index (κ3) is 3.89. The zero-order chi connectivity index (χ0) is 12.9. The minimum absolute atomic E-state index is 0.0845. The topological polar surface area (TPSA) is 64.4 Å². The second-order valence-corrected chi connectivity index (χ2v) is 4.72. The zero-order valence-electron chi connectivity index (χ0n) is 10.0. The van der Waals surface area contributed by atoms with Crippen LogP contribution in [0.5, 0.6) is 0 Å². The van der Waals surface area contributed by atoms with Crippen LogP contribution in [0.2, 0.25) is 0 Å². The van der Waals surface area contributed by atoms with Crippen LogP contribution in [0.1, 0.15) is 19.8 Å². The molecule has 1 amide bonds. The van der Waals surface area contributed by atoms with Crippen molar-refractivity contribution >= 4 is 5.91 Å². The molecule has 17 heavy (non-hydrogen) atoms. The highest BCUT2D eigenvalue weighted by atomic mass is 19.3. The molecule has 6 heteroatoms. The number of hydrogen-bond acceptors (Lipinski definition) is 3. The van der Waals surface area contributed by atoms with Gasteiger partial charge in [-0.25, -0.2) is 8.78 Å². The lowest BCUT2D eigenvalue weighted by Crippen LogP contribution is -2.53. The van der Waals surface area contributed by atoms with Gasteiger partial charge in [-0.15, -0.1) is 0 Å². The number of halogens is 2. The van der Waals surface area contributed by atoms with Crippen molar-refractivity contribution in [3.63, 3.8) is 0 Å². The van der Waals surface area contributed by atoms with E-state index in [1.165, 1.54) is 0 Å². The maximum atomic E-state index is 11.8. The molecule has 100 valence electrons. The van der Waals surface area contributed by atoms with E-state index < -0.39 is 18.4 Å². The van der Waals surface area contributed by atoms with E-state index >= 15 is 0 Å². The van der Waals surface area contributed by atoms with Crippen molar-refractivity contribution in [2.75, 3.05) is 26.3 Å². The molecule has 3 N–H and O–H groups in total. The van der Waals surface area contributed by atoms with Gasteiger partial charge in [0.15, 0.2) is 0 Å². The molecule has 1 rings (SSSR count). The second-order valence-electron chi connectivity index (χ2n) is 4.72. The molecule has 0 saturated heterocycles. The number of nitrogens with two attached hydrogens (primary N) is 1. The number of hydrogen-bond donors (Lipinski definition) is 2. The van der Waals surface area contributed by atoms with Crippen molar-refractivity contribution < 1.29 is 18.3 Å². The van der Waals surface area contributed by atoms with E-state index in [4.69, 9.17) is 5.73 Å². The maximum absolute atomic E-state index is 11.8. The highest BCUT2D eigenvalue weighted by Gasteiger charge is 2.46. The van der Waals surface area contributed by atoms with Gasteiger partial charge in [-0.2, -0.15) is 0 Å². The van der Waals surface area contributed by atoms with Gasteiger partial charge < -0.3 is 15.8 Å². The molecule has 4 nitrogen and oxygen atoms in total. The van der Waals surface area contributed by atoms with Gasteiger partial charge in [0.25, 0.3) is 6.43 Å². The molecule has 0 bridgehead atoms. The van der Waals surface area contributed by atoms with Gasteiger partial charge >= 0.3 is 0 Å². The predicted octanol–water partition coefficient (Wildman–Crippen LogP) is 0.759. The Hall–Kier alpha value is -0.750. The van der Waals surface area contributed by atoms with Crippen LogP contribution in [0.15, 0.2) is 0 Å².